The average molecular weight is 461 g/mol. The molecule has 23 heavy (non-hydrogen) atoms. The van der Waals surface area contributed by atoms with Crippen LogP contribution in [0.3, 0.4) is 0 Å². The second kappa shape index (κ2) is 11.5. The Morgan fingerprint density at radius 2 is 2.04 bits per heavy atom. The summed E-state index contributed by atoms with van der Waals surface area (Å²) < 4.78 is 28.6. The van der Waals surface area contributed by atoms with E-state index in [0.29, 0.717) is 18.2 Å². The maximum Gasteiger partial charge on any atom is 0.190 e. The van der Waals surface area contributed by atoms with Crippen LogP contribution in [0.5, 0.6) is 0 Å². The van der Waals surface area contributed by atoms with E-state index in [4.69, 9.17) is 4.74 Å². The van der Waals surface area contributed by atoms with Crippen LogP contribution in [0.15, 0.2) is 4.99 Å². The zero-order valence-electron chi connectivity index (χ0n) is 14.7. The molecule has 0 aromatic rings. The Hall–Kier alpha value is -0.0900. The molecule has 0 spiro atoms. The molecule has 6 nitrogen and oxygen atoms in total. The van der Waals surface area contributed by atoms with Gasteiger partial charge in [0.05, 0.1) is 17.6 Å². The predicted molar refractivity (Wildman–Crippen MR) is 106 cm³/mol. The van der Waals surface area contributed by atoms with Crippen molar-refractivity contribution in [3.8, 4) is 0 Å². The van der Waals surface area contributed by atoms with Gasteiger partial charge in [-0.05, 0) is 31.6 Å². The summed E-state index contributed by atoms with van der Waals surface area (Å²) in [6.07, 6.45) is 1.91. The van der Waals surface area contributed by atoms with Crippen molar-refractivity contribution in [1.82, 2.24) is 10.6 Å². The zero-order chi connectivity index (χ0) is 16.6. The van der Waals surface area contributed by atoms with Crippen molar-refractivity contribution in [3.05, 3.63) is 0 Å². The SMILES string of the molecule is CCOC(CCNC(=NC)NCC1CCS(=O)(=O)C1)C(C)C.I. The first-order valence-electron chi connectivity index (χ1n) is 8.14. The third-order valence-electron chi connectivity index (χ3n) is 3.95. The van der Waals surface area contributed by atoms with Gasteiger partial charge in [0.25, 0.3) is 0 Å². The molecular weight excluding hydrogens is 429 g/mol. The van der Waals surface area contributed by atoms with E-state index in [0.717, 1.165) is 32.0 Å². The Labute approximate surface area is 158 Å². The second-order valence-corrected chi connectivity index (χ2v) is 8.40. The van der Waals surface area contributed by atoms with E-state index in [1.807, 2.05) is 6.92 Å². The lowest BCUT2D eigenvalue weighted by Gasteiger charge is -2.21. The average Bonchev–Trinajstić information content (AvgIpc) is 2.80. The number of hydrogen-bond donors (Lipinski definition) is 2. The van der Waals surface area contributed by atoms with Gasteiger partial charge in [0.15, 0.2) is 15.8 Å². The number of nitrogens with zero attached hydrogens (tertiary/aromatic N) is 1. The standard InChI is InChI=1S/C15H31N3O3S.HI/c1-5-21-14(12(2)3)6-8-17-15(16-4)18-10-13-7-9-22(19,20)11-13;/h12-14H,5-11H2,1-4H3,(H2,16,17,18);1H. The van der Waals surface area contributed by atoms with Crippen LogP contribution >= 0.6 is 24.0 Å². The van der Waals surface area contributed by atoms with Crippen LogP contribution in [0, 0.1) is 11.8 Å². The lowest BCUT2D eigenvalue weighted by Crippen LogP contribution is -2.41. The van der Waals surface area contributed by atoms with Gasteiger partial charge in [-0.1, -0.05) is 13.8 Å². The van der Waals surface area contributed by atoms with Crippen molar-refractivity contribution in [3.63, 3.8) is 0 Å². The Morgan fingerprint density at radius 3 is 2.52 bits per heavy atom. The number of ether oxygens (including phenoxy) is 1. The fourth-order valence-electron chi connectivity index (χ4n) is 2.65. The van der Waals surface area contributed by atoms with Crippen LogP contribution in [0.1, 0.15) is 33.6 Å². The monoisotopic (exact) mass is 461 g/mol. The molecule has 1 heterocycles. The number of halogens is 1. The van der Waals surface area contributed by atoms with Gasteiger partial charge in [-0.25, -0.2) is 8.42 Å². The van der Waals surface area contributed by atoms with E-state index in [1.165, 1.54) is 0 Å². The van der Waals surface area contributed by atoms with Crippen molar-refractivity contribution in [2.24, 2.45) is 16.8 Å². The van der Waals surface area contributed by atoms with Crippen LogP contribution in [-0.4, -0.2) is 58.7 Å². The minimum absolute atomic E-state index is 0. The minimum Gasteiger partial charge on any atom is -0.378 e. The van der Waals surface area contributed by atoms with Crippen LogP contribution in [-0.2, 0) is 14.6 Å². The highest BCUT2D eigenvalue weighted by molar-refractivity contribution is 14.0. The first-order chi connectivity index (χ1) is 10.4. The minimum atomic E-state index is -2.81. The van der Waals surface area contributed by atoms with Gasteiger partial charge < -0.3 is 15.4 Å². The topological polar surface area (TPSA) is 79.8 Å². The van der Waals surface area contributed by atoms with Gasteiger partial charge in [-0.2, -0.15) is 0 Å². The molecule has 2 N–H and O–H groups in total. The molecule has 2 unspecified atom stereocenters. The number of guanidine groups is 1. The lowest BCUT2D eigenvalue weighted by molar-refractivity contribution is 0.0258. The van der Waals surface area contributed by atoms with E-state index < -0.39 is 9.84 Å². The molecule has 8 heteroatoms. The Kier molecular flexibility index (Phi) is 11.4. The van der Waals surface area contributed by atoms with Gasteiger partial charge in [0.2, 0.25) is 0 Å². The Morgan fingerprint density at radius 1 is 1.35 bits per heavy atom. The van der Waals surface area contributed by atoms with E-state index in [-0.39, 0.29) is 41.8 Å². The maximum absolute atomic E-state index is 11.4. The summed E-state index contributed by atoms with van der Waals surface area (Å²) in [5, 5.41) is 6.49. The van der Waals surface area contributed by atoms with Gasteiger partial charge in [-0.15, -0.1) is 24.0 Å². The molecule has 0 aromatic carbocycles. The summed E-state index contributed by atoms with van der Waals surface area (Å²) in [6.45, 7) is 8.50. The molecule has 0 radical (unpaired) electrons. The molecule has 1 saturated heterocycles. The predicted octanol–water partition coefficient (Wildman–Crippen LogP) is 1.66. The number of nitrogens with one attached hydrogen (secondary N) is 2. The fourth-order valence-corrected chi connectivity index (χ4v) is 4.51. The van der Waals surface area contributed by atoms with Crippen molar-refractivity contribution in [2.45, 2.75) is 39.7 Å². The lowest BCUT2D eigenvalue weighted by atomic mass is 10.0. The van der Waals surface area contributed by atoms with E-state index in [9.17, 15) is 8.42 Å². The van der Waals surface area contributed by atoms with Gasteiger partial charge in [-0.3, -0.25) is 4.99 Å². The highest BCUT2D eigenvalue weighted by atomic mass is 127. The van der Waals surface area contributed by atoms with Gasteiger partial charge in [0.1, 0.15) is 0 Å². The molecule has 1 fully saturated rings. The normalized spacial score (nSPS) is 21.8. The summed E-state index contributed by atoms with van der Waals surface area (Å²) in [5.74, 6) is 2.01. The Balaban J connectivity index is 0.00000484. The van der Waals surface area contributed by atoms with Crippen LogP contribution in [0.2, 0.25) is 0 Å². The smallest absolute Gasteiger partial charge is 0.190 e. The number of sulfone groups is 1. The van der Waals surface area contributed by atoms with Gasteiger partial charge >= 0.3 is 0 Å². The molecule has 1 aliphatic rings. The largest absolute Gasteiger partial charge is 0.378 e. The van der Waals surface area contributed by atoms with Crippen molar-refractivity contribution in [2.75, 3.05) is 38.2 Å². The number of rotatable bonds is 8. The third-order valence-corrected chi connectivity index (χ3v) is 5.79. The summed E-state index contributed by atoms with van der Waals surface area (Å²) in [4.78, 5) is 4.18. The fraction of sp³-hybridized carbons (Fsp3) is 0.933. The molecular formula is C15H32IN3O3S. The van der Waals surface area contributed by atoms with E-state index in [1.54, 1.807) is 7.05 Å². The molecule has 0 bridgehead atoms. The maximum atomic E-state index is 11.4. The second-order valence-electron chi connectivity index (χ2n) is 6.18. The molecule has 1 aliphatic heterocycles. The van der Waals surface area contributed by atoms with E-state index in [2.05, 4.69) is 29.5 Å². The molecule has 0 aliphatic carbocycles. The third kappa shape index (κ3) is 9.09. The molecule has 0 amide bonds. The van der Waals surface area contributed by atoms with E-state index >= 15 is 0 Å². The van der Waals surface area contributed by atoms with Crippen molar-refractivity contribution < 1.29 is 13.2 Å². The Bertz CT molecular complexity index is 455. The highest BCUT2D eigenvalue weighted by Gasteiger charge is 2.27. The highest BCUT2D eigenvalue weighted by Crippen LogP contribution is 2.17. The zero-order valence-corrected chi connectivity index (χ0v) is 17.8. The van der Waals surface area contributed by atoms with Gasteiger partial charge in [0, 0.05) is 26.7 Å². The molecule has 2 atom stereocenters. The first kappa shape index (κ1) is 22.9. The molecule has 0 saturated carbocycles. The van der Waals surface area contributed by atoms with Crippen molar-refractivity contribution >= 4 is 39.8 Å². The van der Waals surface area contributed by atoms with Crippen molar-refractivity contribution in [1.29, 1.82) is 0 Å². The summed E-state index contributed by atoms with van der Waals surface area (Å²) >= 11 is 0. The summed E-state index contributed by atoms with van der Waals surface area (Å²) in [5.41, 5.74) is 0. The summed E-state index contributed by atoms with van der Waals surface area (Å²) in [7, 11) is -1.09. The van der Waals surface area contributed by atoms with Crippen LogP contribution in [0.4, 0.5) is 0 Å². The molecule has 0 aromatic heterocycles. The number of aliphatic imine (C=N–C) groups is 1. The van der Waals surface area contributed by atoms with Crippen LogP contribution in [0.25, 0.3) is 0 Å². The number of hydrogen-bond acceptors (Lipinski definition) is 4. The van der Waals surface area contributed by atoms with Crippen LogP contribution < -0.4 is 10.6 Å². The molecule has 138 valence electrons. The quantitative estimate of drug-likeness (QED) is 0.327. The molecule has 1 rings (SSSR count). The first-order valence-corrected chi connectivity index (χ1v) is 9.96. The summed E-state index contributed by atoms with van der Waals surface area (Å²) in [6, 6.07) is 0.